The molecule has 1 aromatic heterocycles. The maximum Gasteiger partial charge on any atom is 0.167 e. The van der Waals surface area contributed by atoms with Gasteiger partial charge in [-0.15, -0.1) is 0 Å². The summed E-state index contributed by atoms with van der Waals surface area (Å²) in [6.07, 6.45) is 5.44. The van der Waals surface area contributed by atoms with E-state index in [0.717, 1.165) is 36.8 Å². The van der Waals surface area contributed by atoms with E-state index in [-0.39, 0.29) is 11.9 Å². The lowest BCUT2D eigenvalue weighted by molar-refractivity contribution is 0.0991. The van der Waals surface area contributed by atoms with Gasteiger partial charge in [0.1, 0.15) is 23.7 Å². The number of nitrogens with zero attached hydrogens (tertiary/aromatic N) is 3. The first-order chi connectivity index (χ1) is 18.6. The number of aromatic hydroxyl groups is 1. The normalized spacial score (nSPS) is 11.4. The fourth-order valence-corrected chi connectivity index (χ4v) is 3.86. The van der Waals surface area contributed by atoms with E-state index in [1.807, 2.05) is 79.8 Å². The second kappa shape index (κ2) is 13.8. The minimum atomic E-state index is -0.258. The van der Waals surface area contributed by atoms with Gasteiger partial charge in [0.05, 0.1) is 12.2 Å². The average molecular weight is 510 g/mol. The van der Waals surface area contributed by atoms with Crippen molar-refractivity contribution >= 4 is 0 Å². The fourth-order valence-electron chi connectivity index (χ4n) is 3.86. The SMILES string of the molecule is CC(C#CO)OCCCCCCOc1ccc(-c2nc(-c3ccccc3)nc(-c3ccccc3)n2)c(O)c1. The van der Waals surface area contributed by atoms with Crippen molar-refractivity contribution < 1.29 is 19.7 Å². The molecule has 0 fully saturated rings. The lowest BCUT2D eigenvalue weighted by atomic mass is 10.1. The quantitative estimate of drug-likeness (QED) is 0.172. The summed E-state index contributed by atoms with van der Waals surface area (Å²) in [7, 11) is 0. The molecule has 1 atom stereocenters. The third-order valence-corrected chi connectivity index (χ3v) is 5.85. The van der Waals surface area contributed by atoms with Gasteiger partial charge in [0.25, 0.3) is 0 Å². The molecule has 3 aromatic carbocycles. The van der Waals surface area contributed by atoms with Gasteiger partial charge in [-0.3, -0.25) is 0 Å². The molecule has 0 amide bonds. The summed E-state index contributed by atoms with van der Waals surface area (Å²) in [4.78, 5) is 14.0. The number of unbranched alkanes of at least 4 members (excludes halogenated alkanes) is 3. The standard InChI is InChI=1S/C31H31N3O4/c1-23(18-19-35)37-20-10-2-3-11-21-38-26-16-17-27(28(36)22-26)31-33-29(24-12-6-4-7-13-24)32-30(34-31)25-14-8-5-9-15-25/h4-9,12-17,22-23,35-36H,2-3,10-11,20-21H2,1H3. The molecule has 1 heterocycles. The molecule has 4 rings (SSSR count). The minimum Gasteiger partial charge on any atom is -0.507 e. The number of phenols is 1. The van der Waals surface area contributed by atoms with Gasteiger partial charge in [0.2, 0.25) is 0 Å². The van der Waals surface area contributed by atoms with Crippen LogP contribution in [0.2, 0.25) is 0 Å². The number of ether oxygens (including phenoxy) is 2. The molecule has 38 heavy (non-hydrogen) atoms. The number of aliphatic hydroxyl groups is 1. The zero-order valence-corrected chi connectivity index (χ0v) is 21.4. The predicted molar refractivity (Wildman–Crippen MR) is 147 cm³/mol. The third kappa shape index (κ3) is 7.55. The average Bonchev–Trinajstić information content (AvgIpc) is 2.95. The van der Waals surface area contributed by atoms with Gasteiger partial charge in [-0.2, -0.15) is 0 Å². The summed E-state index contributed by atoms with van der Waals surface area (Å²) in [5.41, 5.74) is 2.24. The van der Waals surface area contributed by atoms with Crippen molar-refractivity contribution in [3.63, 3.8) is 0 Å². The maximum absolute atomic E-state index is 10.8. The van der Waals surface area contributed by atoms with Gasteiger partial charge in [0, 0.05) is 23.8 Å². The van der Waals surface area contributed by atoms with Crippen LogP contribution in [-0.2, 0) is 4.74 Å². The largest absolute Gasteiger partial charge is 0.507 e. The highest BCUT2D eigenvalue weighted by atomic mass is 16.5. The Bertz CT molecular complexity index is 1310. The fraction of sp³-hybridized carbons (Fsp3) is 0.258. The summed E-state index contributed by atoms with van der Waals surface area (Å²) >= 11 is 0. The van der Waals surface area contributed by atoms with Crippen LogP contribution in [0.25, 0.3) is 34.2 Å². The zero-order chi connectivity index (χ0) is 26.6. The van der Waals surface area contributed by atoms with Crippen LogP contribution in [0.3, 0.4) is 0 Å². The van der Waals surface area contributed by atoms with E-state index in [2.05, 4.69) is 20.9 Å². The Balaban J connectivity index is 1.40. The second-order valence-electron chi connectivity index (χ2n) is 8.75. The summed E-state index contributed by atoms with van der Waals surface area (Å²) in [5.74, 6) is 4.65. The molecule has 0 saturated carbocycles. The first kappa shape index (κ1) is 26.6. The van der Waals surface area contributed by atoms with Crippen LogP contribution >= 0.6 is 0 Å². The third-order valence-electron chi connectivity index (χ3n) is 5.85. The van der Waals surface area contributed by atoms with E-state index in [9.17, 15) is 5.11 Å². The van der Waals surface area contributed by atoms with E-state index in [4.69, 9.17) is 14.6 Å². The molecule has 7 nitrogen and oxygen atoms in total. The highest BCUT2D eigenvalue weighted by Gasteiger charge is 2.15. The van der Waals surface area contributed by atoms with E-state index in [1.165, 1.54) is 0 Å². The van der Waals surface area contributed by atoms with Crippen molar-refractivity contribution in [3.8, 4) is 57.7 Å². The summed E-state index contributed by atoms with van der Waals surface area (Å²) in [6.45, 7) is 2.97. The molecule has 2 N–H and O–H groups in total. The molecule has 4 aromatic rings. The van der Waals surface area contributed by atoms with Crippen molar-refractivity contribution in [1.82, 2.24) is 15.0 Å². The maximum atomic E-state index is 10.8. The highest BCUT2D eigenvalue weighted by Crippen LogP contribution is 2.32. The molecular formula is C31H31N3O4. The monoisotopic (exact) mass is 509 g/mol. The Morgan fingerprint density at radius 2 is 1.32 bits per heavy atom. The van der Waals surface area contributed by atoms with Gasteiger partial charge in [-0.05, 0) is 44.2 Å². The molecule has 0 saturated heterocycles. The van der Waals surface area contributed by atoms with Crippen LogP contribution < -0.4 is 4.74 Å². The number of rotatable bonds is 12. The second-order valence-corrected chi connectivity index (χ2v) is 8.75. The van der Waals surface area contributed by atoms with Crippen molar-refractivity contribution in [2.75, 3.05) is 13.2 Å². The van der Waals surface area contributed by atoms with Crippen LogP contribution in [0.5, 0.6) is 11.5 Å². The molecule has 0 aliphatic rings. The van der Waals surface area contributed by atoms with E-state index in [1.54, 1.807) is 12.1 Å². The minimum absolute atomic E-state index is 0.0453. The van der Waals surface area contributed by atoms with Gasteiger partial charge in [-0.1, -0.05) is 67.1 Å². The van der Waals surface area contributed by atoms with Gasteiger partial charge in [0.15, 0.2) is 17.5 Å². The van der Waals surface area contributed by atoms with E-state index < -0.39 is 0 Å². The zero-order valence-electron chi connectivity index (χ0n) is 21.4. The van der Waals surface area contributed by atoms with E-state index in [0.29, 0.717) is 42.0 Å². The Labute approximate surface area is 223 Å². The summed E-state index contributed by atoms with van der Waals surface area (Å²) < 4.78 is 11.3. The molecule has 0 aliphatic heterocycles. The molecule has 0 aliphatic carbocycles. The first-order valence-corrected chi connectivity index (χ1v) is 12.7. The van der Waals surface area contributed by atoms with Crippen molar-refractivity contribution in [1.29, 1.82) is 0 Å². The van der Waals surface area contributed by atoms with Gasteiger partial charge < -0.3 is 19.7 Å². The summed E-state index contributed by atoms with van der Waals surface area (Å²) in [5, 5.41) is 19.4. The van der Waals surface area contributed by atoms with Crippen LogP contribution in [-0.4, -0.2) is 44.5 Å². The number of phenolic OH excluding ortho intramolecular Hbond substituents is 1. The van der Waals surface area contributed by atoms with Crippen LogP contribution in [0, 0.1) is 12.0 Å². The molecular weight excluding hydrogens is 478 g/mol. The van der Waals surface area contributed by atoms with Crippen LogP contribution in [0.1, 0.15) is 32.6 Å². The molecule has 0 spiro atoms. The van der Waals surface area contributed by atoms with Crippen LogP contribution in [0.15, 0.2) is 78.9 Å². The molecule has 0 bridgehead atoms. The van der Waals surface area contributed by atoms with Crippen molar-refractivity contribution in [2.24, 2.45) is 0 Å². The molecule has 0 radical (unpaired) electrons. The Hall–Kier alpha value is -4.41. The number of aromatic nitrogens is 3. The number of hydrogen-bond acceptors (Lipinski definition) is 7. The van der Waals surface area contributed by atoms with E-state index >= 15 is 0 Å². The lowest BCUT2D eigenvalue weighted by Crippen LogP contribution is -2.06. The first-order valence-electron chi connectivity index (χ1n) is 12.7. The van der Waals surface area contributed by atoms with Crippen LogP contribution in [0.4, 0.5) is 0 Å². The predicted octanol–water partition coefficient (Wildman–Crippen LogP) is 6.26. The van der Waals surface area contributed by atoms with Crippen molar-refractivity contribution in [2.45, 2.75) is 38.7 Å². The van der Waals surface area contributed by atoms with Crippen molar-refractivity contribution in [3.05, 3.63) is 78.9 Å². The topological polar surface area (TPSA) is 97.6 Å². The number of hydrogen-bond donors (Lipinski definition) is 2. The highest BCUT2D eigenvalue weighted by molar-refractivity contribution is 5.70. The number of aliphatic hydroxyl groups excluding tert-OH is 1. The number of benzene rings is 3. The Kier molecular flexibility index (Phi) is 9.66. The molecule has 1 unspecified atom stereocenters. The summed E-state index contributed by atoms with van der Waals surface area (Å²) in [6, 6.07) is 24.6. The molecule has 7 heteroatoms. The van der Waals surface area contributed by atoms with Gasteiger partial charge in [-0.25, -0.2) is 15.0 Å². The van der Waals surface area contributed by atoms with Gasteiger partial charge >= 0.3 is 0 Å². The lowest BCUT2D eigenvalue weighted by Gasteiger charge is -2.11. The smallest absolute Gasteiger partial charge is 0.167 e. The Morgan fingerprint density at radius 3 is 1.89 bits per heavy atom. The Morgan fingerprint density at radius 1 is 0.737 bits per heavy atom. The molecule has 194 valence electrons.